The summed E-state index contributed by atoms with van der Waals surface area (Å²) in [5, 5.41) is 31.6. The highest BCUT2D eigenvalue weighted by Gasteiger charge is 2.17. The van der Waals surface area contributed by atoms with E-state index < -0.39 is 0 Å². The third-order valence-electron chi connectivity index (χ3n) is 2.18. The summed E-state index contributed by atoms with van der Waals surface area (Å²) in [7, 11) is 0. The fraction of sp³-hybridized carbons (Fsp3) is 0.600. The minimum atomic E-state index is 0.388. The summed E-state index contributed by atoms with van der Waals surface area (Å²) in [4.78, 5) is 0.388. The van der Waals surface area contributed by atoms with E-state index in [0.717, 1.165) is 0 Å². The van der Waals surface area contributed by atoms with Gasteiger partial charge in [-0.1, -0.05) is 0 Å². The molecule has 0 fully saturated rings. The Labute approximate surface area is 93.2 Å². The molecular weight excluding hydrogens is 208 g/mol. The molecule has 16 heavy (non-hydrogen) atoms. The van der Waals surface area contributed by atoms with Gasteiger partial charge < -0.3 is 5.21 Å². The highest BCUT2D eigenvalue weighted by molar-refractivity contribution is 5.04. The minimum Gasteiger partial charge on any atom is -0.359 e. The molecule has 0 radical (unpaired) electrons. The van der Waals surface area contributed by atoms with Crippen molar-refractivity contribution >= 4 is 0 Å². The highest BCUT2D eigenvalue weighted by Crippen LogP contribution is 2.09. The van der Waals surface area contributed by atoms with Crippen LogP contribution in [0, 0.1) is 27.9 Å². The van der Waals surface area contributed by atoms with E-state index in [4.69, 9.17) is 10.5 Å². The molecule has 1 heterocycles. The van der Waals surface area contributed by atoms with Crippen LogP contribution in [-0.2, 0) is 12.8 Å². The Balaban J connectivity index is 2.56. The molecule has 0 atom stereocenters. The molecule has 0 aliphatic heterocycles. The largest absolute Gasteiger partial charge is 0.359 e. The van der Waals surface area contributed by atoms with Crippen molar-refractivity contribution in [1.29, 1.82) is 10.5 Å². The van der Waals surface area contributed by atoms with Crippen LogP contribution < -0.4 is 4.90 Å². The molecule has 0 saturated carbocycles. The Morgan fingerprint density at radius 2 is 1.81 bits per heavy atom. The first-order valence-electron chi connectivity index (χ1n) is 5.11. The van der Waals surface area contributed by atoms with Gasteiger partial charge in [0.05, 0.1) is 12.1 Å². The first-order chi connectivity index (χ1) is 7.79. The monoisotopic (exact) mass is 220 g/mol. The van der Waals surface area contributed by atoms with Crippen LogP contribution in [0.2, 0.25) is 0 Å². The van der Waals surface area contributed by atoms with Gasteiger partial charge in [-0.2, -0.15) is 10.5 Å². The van der Waals surface area contributed by atoms with Crippen molar-refractivity contribution in [3.63, 3.8) is 0 Å². The van der Waals surface area contributed by atoms with Gasteiger partial charge in [0, 0.05) is 30.8 Å². The summed E-state index contributed by atoms with van der Waals surface area (Å²) < 4.78 is 4.50. The third-order valence-corrected chi connectivity index (χ3v) is 2.18. The zero-order valence-electron chi connectivity index (χ0n) is 8.85. The summed E-state index contributed by atoms with van der Waals surface area (Å²) in [5.74, 6) is 0. The van der Waals surface area contributed by atoms with Crippen molar-refractivity contribution in [1.82, 2.24) is 5.16 Å². The first-order valence-corrected chi connectivity index (χ1v) is 5.11. The van der Waals surface area contributed by atoms with Gasteiger partial charge >= 0.3 is 0 Å². The maximum Gasteiger partial charge on any atom is 0.221 e. The molecule has 1 aromatic heterocycles. The van der Waals surface area contributed by atoms with Gasteiger partial charge in [0.15, 0.2) is 5.69 Å². The van der Waals surface area contributed by atoms with Crippen LogP contribution in [0.15, 0.2) is 4.63 Å². The van der Waals surface area contributed by atoms with Gasteiger partial charge in [-0.15, -0.1) is 0 Å². The highest BCUT2D eigenvalue weighted by atomic mass is 16.8. The van der Waals surface area contributed by atoms with E-state index >= 15 is 0 Å². The number of hydrogen-bond donors (Lipinski definition) is 0. The number of unbranched alkanes of at least 4 members (excludes halogenated alkanes) is 2. The van der Waals surface area contributed by atoms with Crippen LogP contribution in [0.3, 0.4) is 0 Å². The lowest BCUT2D eigenvalue weighted by atomic mass is 10.1. The van der Waals surface area contributed by atoms with Crippen molar-refractivity contribution < 1.29 is 9.53 Å². The second-order valence-electron chi connectivity index (χ2n) is 3.35. The molecule has 6 nitrogen and oxygen atoms in total. The number of nitrogens with zero attached hydrogens (tertiary/aromatic N) is 4. The summed E-state index contributed by atoms with van der Waals surface area (Å²) in [6.45, 7) is 0. The fourth-order valence-electron chi connectivity index (χ4n) is 1.39. The smallest absolute Gasteiger partial charge is 0.221 e. The van der Waals surface area contributed by atoms with E-state index in [-0.39, 0.29) is 0 Å². The van der Waals surface area contributed by atoms with Gasteiger partial charge in [0.25, 0.3) is 0 Å². The molecule has 1 aromatic rings. The number of aryl methyl sites for hydroxylation is 1. The van der Waals surface area contributed by atoms with Crippen molar-refractivity contribution in [3.8, 4) is 12.1 Å². The lowest BCUT2D eigenvalue weighted by Gasteiger charge is -1.95. The summed E-state index contributed by atoms with van der Waals surface area (Å²) in [6.07, 6.45) is 3.17. The molecule has 0 saturated heterocycles. The second-order valence-corrected chi connectivity index (χ2v) is 3.35. The number of aromatic nitrogens is 2. The van der Waals surface area contributed by atoms with Gasteiger partial charge in [0.2, 0.25) is 5.69 Å². The Bertz CT molecular complexity index is 413. The third kappa shape index (κ3) is 3.25. The van der Waals surface area contributed by atoms with E-state index in [1.807, 2.05) is 12.1 Å². The molecular formula is C10H12N4O2. The SMILES string of the molecule is N#CCCCc1no[n+]([O-])c1CCCC#N. The topological polar surface area (TPSA) is 101 Å². The Morgan fingerprint density at radius 1 is 1.19 bits per heavy atom. The maximum absolute atomic E-state index is 11.2. The van der Waals surface area contributed by atoms with E-state index in [0.29, 0.717) is 54.8 Å². The lowest BCUT2D eigenvalue weighted by Crippen LogP contribution is -2.28. The predicted molar refractivity (Wildman–Crippen MR) is 52.6 cm³/mol. The average Bonchev–Trinajstić information content (AvgIpc) is 2.62. The number of nitriles is 2. The average molecular weight is 220 g/mol. The molecule has 0 aliphatic rings. The van der Waals surface area contributed by atoms with Crippen LogP contribution in [0.5, 0.6) is 0 Å². The van der Waals surface area contributed by atoms with Crippen LogP contribution in [-0.4, -0.2) is 5.16 Å². The van der Waals surface area contributed by atoms with Crippen molar-refractivity contribution in [2.75, 3.05) is 0 Å². The first kappa shape index (κ1) is 12.0. The second kappa shape index (κ2) is 6.41. The van der Waals surface area contributed by atoms with Crippen LogP contribution in [0.4, 0.5) is 0 Å². The minimum absolute atomic E-state index is 0.388. The van der Waals surface area contributed by atoms with E-state index in [9.17, 15) is 5.21 Å². The molecule has 0 aromatic carbocycles. The van der Waals surface area contributed by atoms with Gasteiger partial charge in [-0.05, 0) is 17.7 Å². The van der Waals surface area contributed by atoms with Crippen molar-refractivity contribution in [3.05, 3.63) is 16.6 Å². The quantitative estimate of drug-likeness (QED) is 0.525. The molecule has 84 valence electrons. The molecule has 6 heteroatoms. The molecule has 0 unspecified atom stereocenters. The van der Waals surface area contributed by atoms with Crippen LogP contribution in [0.1, 0.15) is 37.1 Å². The molecule has 0 bridgehead atoms. The number of rotatable bonds is 6. The van der Waals surface area contributed by atoms with E-state index in [2.05, 4.69) is 9.79 Å². The predicted octanol–water partition coefficient (Wildman–Crippen LogP) is 1.00. The number of hydrogen-bond acceptors (Lipinski definition) is 5. The maximum atomic E-state index is 11.2. The van der Waals surface area contributed by atoms with E-state index in [1.54, 1.807) is 0 Å². The molecule has 0 aliphatic carbocycles. The van der Waals surface area contributed by atoms with Gasteiger partial charge in [0.1, 0.15) is 0 Å². The normalized spacial score (nSPS) is 9.62. The van der Waals surface area contributed by atoms with Crippen molar-refractivity contribution in [2.24, 2.45) is 0 Å². The summed E-state index contributed by atoms with van der Waals surface area (Å²) in [5.41, 5.74) is 1.08. The zero-order chi connectivity index (χ0) is 11.8. The standard InChI is InChI=1S/C10H12N4O2/c11-7-3-1-5-9-10(6-2-4-8-12)14(15)16-13-9/h1-6H2. The fourth-order valence-corrected chi connectivity index (χ4v) is 1.39. The molecule has 0 spiro atoms. The van der Waals surface area contributed by atoms with Gasteiger partial charge in [-0.3, -0.25) is 4.63 Å². The molecule has 1 rings (SSSR count). The Kier molecular flexibility index (Phi) is 4.81. The van der Waals surface area contributed by atoms with Crippen molar-refractivity contribution in [2.45, 2.75) is 38.5 Å². The zero-order valence-corrected chi connectivity index (χ0v) is 8.85. The summed E-state index contributed by atoms with van der Waals surface area (Å²) >= 11 is 0. The Morgan fingerprint density at radius 3 is 2.44 bits per heavy atom. The van der Waals surface area contributed by atoms with E-state index in [1.165, 1.54) is 0 Å². The molecule has 0 amide bonds. The molecule has 0 N–H and O–H groups in total. The van der Waals surface area contributed by atoms with Crippen LogP contribution >= 0.6 is 0 Å². The lowest BCUT2D eigenvalue weighted by molar-refractivity contribution is -0.808. The Hall–Kier alpha value is -2.08. The van der Waals surface area contributed by atoms with Gasteiger partial charge in [-0.25, -0.2) is 0 Å². The van der Waals surface area contributed by atoms with Crippen LogP contribution in [0.25, 0.3) is 0 Å². The summed E-state index contributed by atoms with van der Waals surface area (Å²) in [6, 6.07) is 4.05.